The quantitative estimate of drug-likeness (QED) is 0.685. The van der Waals surface area contributed by atoms with Crippen molar-refractivity contribution in [3.63, 3.8) is 0 Å². The van der Waals surface area contributed by atoms with Gasteiger partial charge in [-0.3, -0.25) is 4.79 Å². The minimum absolute atomic E-state index is 0.0800. The molecule has 124 valence electrons. The van der Waals surface area contributed by atoms with Gasteiger partial charge in [-0.2, -0.15) is 8.42 Å². The Balaban J connectivity index is 2.83. The first-order chi connectivity index (χ1) is 10.4. The van der Waals surface area contributed by atoms with Crippen LogP contribution in [0.3, 0.4) is 0 Å². The number of allylic oxidation sites excluding steroid dienone is 2. The normalized spacial score (nSPS) is 18.0. The second-order valence-corrected chi connectivity index (χ2v) is 5.96. The number of rotatable bonds is 7. The van der Waals surface area contributed by atoms with Gasteiger partial charge < -0.3 is 15.0 Å². The fourth-order valence-corrected chi connectivity index (χ4v) is 3.03. The molecular weight excluding hydrogens is 304 g/mol. The van der Waals surface area contributed by atoms with Gasteiger partial charge in [-0.1, -0.05) is 13.8 Å². The van der Waals surface area contributed by atoms with Crippen LogP contribution in [0.1, 0.15) is 20.8 Å². The molecule has 1 amide bonds. The molecule has 0 spiro atoms. The van der Waals surface area contributed by atoms with E-state index in [4.69, 9.17) is 4.74 Å². The fraction of sp³-hybridized carbons (Fsp3) is 0.600. The molecule has 0 fully saturated rings. The summed E-state index contributed by atoms with van der Waals surface area (Å²) in [7, 11) is -1.03. The lowest BCUT2D eigenvalue weighted by molar-refractivity contribution is -0.118. The summed E-state index contributed by atoms with van der Waals surface area (Å²) in [5.74, 6) is -0.297. The number of carbonyl (C=O) groups excluding carboxylic acids is 1. The molecule has 0 radical (unpaired) electrons. The van der Waals surface area contributed by atoms with E-state index in [1.807, 2.05) is 0 Å². The summed E-state index contributed by atoms with van der Waals surface area (Å²) in [6.07, 6.45) is 2.33. The van der Waals surface area contributed by atoms with Gasteiger partial charge in [-0.25, -0.2) is 0 Å². The number of nitrogens with zero attached hydrogens (tertiary/aromatic N) is 1. The summed E-state index contributed by atoms with van der Waals surface area (Å²) in [6.45, 7) is 8.98. The number of carbonyl (C=O) groups is 1. The average Bonchev–Trinajstić information content (AvgIpc) is 2.50. The van der Waals surface area contributed by atoms with E-state index in [1.54, 1.807) is 13.0 Å². The summed E-state index contributed by atoms with van der Waals surface area (Å²) >= 11 is 0. The monoisotopic (exact) mass is 328 g/mol. The SMILES string of the molecule is CCN(CC)CCNC(=O)C1=CC(C)=CC(=S(=O)=O)C1OC. The first-order valence-corrected chi connectivity index (χ1v) is 8.41. The minimum atomic E-state index is -2.42. The summed E-state index contributed by atoms with van der Waals surface area (Å²) < 4.78 is 27.8. The summed E-state index contributed by atoms with van der Waals surface area (Å²) in [4.78, 5) is 14.6. The van der Waals surface area contributed by atoms with E-state index >= 15 is 0 Å². The lowest BCUT2D eigenvalue weighted by Gasteiger charge is -2.22. The van der Waals surface area contributed by atoms with Crippen LogP contribution < -0.4 is 5.32 Å². The van der Waals surface area contributed by atoms with E-state index in [2.05, 4.69) is 24.1 Å². The Hall–Kier alpha value is -1.44. The summed E-state index contributed by atoms with van der Waals surface area (Å²) in [6, 6.07) is 0. The Morgan fingerprint density at radius 2 is 1.95 bits per heavy atom. The van der Waals surface area contributed by atoms with Gasteiger partial charge in [0.2, 0.25) is 16.2 Å². The maximum atomic E-state index is 12.3. The molecule has 0 saturated carbocycles. The molecule has 0 aromatic rings. The molecule has 1 atom stereocenters. The Morgan fingerprint density at radius 3 is 2.45 bits per heavy atom. The van der Waals surface area contributed by atoms with E-state index < -0.39 is 16.4 Å². The van der Waals surface area contributed by atoms with Crippen LogP contribution in [0.2, 0.25) is 0 Å². The topological polar surface area (TPSA) is 75.7 Å². The van der Waals surface area contributed by atoms with E-state index in [0.29, 0.717) is 17.7 Å². The zero-order chi connectivity index (χ0) is 16.7. The number of nitrogens with one attached hydrogen (secondary N) is 1. The molecule has 1 rings (SSSR count). The highest BCUT2D eigenvalue weighted by molar-refractivity contribution is 7.73. The maximum Gasteiger partial charge on any atom is 0.250 e. The minimum Gasteiger partial charge on any atom is -0.371 e. The second-order valence-electron chi connectivity index (χ2n) is 5.02. The zero-order valence-electron chi connectivity index (χ0n) is 13.5. The zero-order valence-corrected chi connectivity index (χ0v) is 14.4. The van der Waals surface area contributed by atoms with E-state index in [9.17, 15) is 13.2 Å². The average molecular weight is 328 g/mol. The van der Waals surface area contributed by atoms with Crippen molar-refractivity contribution >= 4 is 21.1 Å². The van der Waals surface area contributed by atoms with Gasteiger partial charge in [0, 0.05) is 20.2 Å². The maximum absolute atomic E-state index is 12.3. The largest absolute Gasteiger partial charge is 0.371 e. The van der Waals surface area contributed by atoms with Crippen LogP contribution >= 0.6 is 0 Å². The van der Waals surface area contributed by atoms with Crippen LogP contribution in [0, 0.1) is 0 Å². The molecule has 0 heterocycles. The molecule has 1 N–H and O–H groups in total. The third-order valence-electron chi connectivity index (χ3n) is 3.59. The van der Waals surface area contributed by atoms with E-state index in [0.717, 1.165) is 19.6 Å². The molecule has 6 nitrogen and oxygen atoms in total. The van der Waals surface area contributed by atoms with Gasteiger partial charge in [0.15, 0.2) is 0 Å². The van der Waals surface area contributed by atoms with Crippen molar-refractivity contribution in [1.82, 2.24) is 10.2 Å². The Labute approximate surface area is 133 Å². The number of ether oxygens (including phenoxy) is 1. The number of amides is 1. The molecule has 7 heteroatoms. The Bertz CT molecular complexity index is 593. The standard InChI is InChI=1S/C15H24N2O4S/c1-5-17(6-2)8-7-16-15(18)12-9-11(3)10-13(22(19)20)14(12)21-4/h9-10,14H,5-8H2,1-4H3,(H,16,18). The molecule has 1 aliphatic rings. The number of hydrogen-bond acceptors (Lipinski definition) is 5. The van der Waals surface area contributed by atoms with E-state index in [-0.39, 0.29) is 10.8 Å². The van der Waals surface area contributed by atoms with Crippen LogP contribution in [0.15, 0.2) is 23.3 Å². The highest BCUT2D eigenvalue weighted by atomic mass is 32.2. The first kappa shape index (κ1) is 18.6. The van der Waals surface area contributed by atoms with Crippen molar-refractivity contribution in [3.05, 3.63) is 23.3 Å². The van der Waals surface area contributed by atoms with Crippen LogP contribution in [0.4, 0.5) is 0 Å². The highest BCUT2D eigenvalue weighted by Gasteiger charge is 2.28. The van der Waals surface area contributed by atoms with Crippen LogP contribution in [-0.4, -0.2) is 63.5 Å². The molecule has 0 bridgehead atoms. The number of hydrogen-bond donors (Lipinski definition) is 1. The predicted molar refractivity (Wildman–Crippen MR) is 87.4 cm³/mol. The van der Waals surface area contributed by atoms with Crippen molar-refractivity contribution in [2.75, 3.05) is 33.3 Å². The third kappa shape index (κ3) is 4.79. The summed E-state index contributed by atoms with van der Waals surface area (Å²) in [5.41, 5.74) is 1.03. The van der Waals surface area contributed by atoms with Crippen molar-refractivity contribution < 1.29 is 17.9 Å². The number of methoxy groups -OCH3 is 1. The molecule has 1 aliphatic carbocycles. The highest BCUT2D eigenvalue weighted by Crippen LogP contribution is 2.18. The lowest BCUT2D eigenvalue weighted by atomic mass is 9.96. The molecule has 1 unspecified atom stereocenters. The molecule has 0 aliphatic heterocycles. The van der Waals surface area contributed by atoms with Gasteiger partial charge in [0.05, 0.1) is 5.57 Å². The Kier molecular flexibility index (Phi) is 7.50. The van der Waals surface area contributed by atoms with Crippen molar-refractivity contribution in [2.24, 2.45) is 0 Å². The number of likely N-dealkylation sites (N-methyl/N-ethyl adjacent to an activating group) is 1. The van der Waals surface area contributed by atoms with Gasteiger partial charge >= 0.3 is 0 Å². The van der Waals surface area contributed by atoms with Crippen LogP contribution in [-0.2, 0) is 19.8 Å². The Morgan fingerprint density at radius 1 is 1.32 bits per heavy atom. The van der Waals surface area contributed by atoms with Gasteiger partial charge in [-0.05, 0) is 37.7 Å². The van der Waals surface area contributed by atoms with Gasteiger partial charge in [-0.15, -0.1) is 0 Å². The first-order valence-electron chi connectivity index (χ1n) is 7.33. The van der Waals surface area contributed by atoms with Crippen LogP contribution in [0.25, 0.3) is 0 Å². The predicted octanol–water partition coefficient (Wildman–Crippen LogP) is 0.397. The molecule has 0 saturated heterocycles. The van der Waals surface area contributed by atoms with Crippen molar-refractivity contribution in [1.29, 1.82) is 0 Å². The van der Waals surface area contributed by atoms with E-state index in [1.165, 1.54) is 13.2 Å². The second kappa shape index (κ2) is 8.87. The summed E-state index contributed by atoms with van der Waals surface area (Å²) in [5, 5.41) is 2.83. The van der Waals surface area contributed by atoms with Gasteiger partial charge in [0.1, 0.15) is 11.0 Å². The molecule has 0 aromatic carbocycles. The smallest absolute Gasteiger partial charge is 0.250 e. The van der Waals surface area contributed by atoms with Crippen molar-refractivity contribution in [3.8, 4) is 0 Å². The third-order valence-corrected chi connectivity index (χ3v) is 4.31. The van der Waals surface area contributed by atoms with Crippen molar-refractivity contribution in [2.45, 2.75) is 26.9 Å². The van der Waals surface area contributed by atoms with Crippen LogP contribution in [0.5, 0.6) is 0 Å². The van der Waals surface area contributed by atoms with Gasteiger partial charge in [0.25, 0.3) is 0 Å². The molecular formula is C15H24N2O4S. The lowest BCUT2D eigenvalue weighted by Crippen LogP contribution is -2.40. The fourth-order valence-electron chi connectivity index (χ4n) is 2.35. The molecule has 22 heavy (non-hydrogen) atoms. The molecule has 0 aromatic heterocycles.